The molecule has 2 N–H and O–H groups in total. The Morgan fingerprint density at radius 2 is 2.08 bits per heavy atom. The smallest absolute Gasteiger partial charge is 0.414 e. The Kier molecular flexibility index (Phi) is 7.29. The summed E-state index contributed by atoms with van der Waals surface area (Å²) in [5, 5.41) is 27.1. The van der Waals surface area contributed by atoms with Crippen molar-refractivity contribution in [1.29, 1.82) is 0 Å². The number of nitrogens with zero attached hydrogens (tertiary/aromatic N) is 6. The lowest BCUT2D eigenvalue weighted by Gasteiger charge is -2.28. The minimum Gasteiger partial charge on any atom is -0.444 e. The first-order chi connectivity index (χ1) is 18.4. The van der Waals surface area contributed by atoms with Gasteiger partial charge in [0.2, 0.25) is 0 Å². The molecular formula is C25H25FN6O6. The molecule has 1 fully saturated rings. The van der Waals surface area contributed by atoms with E-state index in [4.69, 9.17) is 14.4 Å². The largest absolute Gasteiger partial charge is 0.444 e. The molecule has 13 heteroatoms. The number of pyridine rings is 1. The Bertz CT molecular complexity index is 1320. The van der Waals surface area contributed by atoms with E-state index in [2.05, 4.69) is 15.2 Å². The van der Waals surface area contributed by atoms with Crippen LogP contribution in [0.4, 0.5) is 20.7 Å². The lowest BCUT2D eigenvalue weighted by Crippen LogP contribution is -2.45. The van der Waals surface area contributed by atoms with Gasteiger partial charge >= 0.3 is 6.09 Å². The number of aromatic nitrogens is 2. The number of ether oxygens (including phenoxy) is 1. The van der Waals surface area contributed by atoms with Crippen LogP contribution in [0.15, 0.2) is 58.4 Å². The van der Waals surface area contributed by atoms with Gasteiger partial charge in [-0.3, -0.25) is 9.69 Å². The number of aliphatic hydroxyl groups is 2. The fourth-order valence-electron chi connectivity index (χ4n) is 4.21. The summed E-state index contributed by atoms with van der Waals surface area (Å²) < 4.78 is 25.6. The van der Waals surface area contributed by atoms with E-state index in [9.17, 15) is 14.7 Å². The molecule has 2 aromatic heterocycles. The number of carbonyl (C=O) groups is 2. The average Bonchev–Trinajstić information content (AvgIpc) is 3.60. The Balaban J connectivity index is 1.22. The Morgan fingerprint density at radius 1 is 1.21 bits per heavy atom. The number of cyclic esters (lactones) is 1. The van der Waals surface area contributed by atoms with Crippen LogP contribution >= 0.6 is 0 Å². The van der Waals surface area contributed by atoms with Crippen molar-refractivity contribution in [3.63, 3.8) is 0 Å². The maximum atomic E-state index is 15.1. The minimum absolute atomic E-state index is 0.200. The van der Waals surface area contributed by atoms with Gasteiger partial charge in [0.05, 0.1) is 31.6 Å². The van der Waals surface area contributed by atoms with Gasteiger partial charge in [0.15, 0.2) is 6.10 Å². The first kappa shape index (κ1) is 25.3. The van der Waals surface area contributed by atoms with Gasteiger partial charge in [-0.25, -0.2) is 19.2 Å². The van der Waals surface area contributed by atoms with Crippen LogP contribution in [0.2, 0.25) is 0 Å². The molecule has 12 nitrogen and oxygen atoms in total. The molecule has 4 heterocycles. The number of hydrogen-bond acceptors (Lipinski definition) is 10. The standard InChI is InChI=1S/C25H25FN6O6/c26-21-11-17(31-13-19(37-25(31)36)4-3-18-7-8-29-38-18)2-5-20(21)16-1-6-23(27-12-16)30-9-10-32(28-15-30)24(35)22(34)14-33/h1-2,5-8,11-12,15,19,22,33-34H,3-4,9-10,13-14H2/t19-,22?/m0/s1. The maximum absolute atomic E-state index is 15.1. The van der Waals surface area contributed by atoms with Gasteiger partial charge in [0, 0.05) is 36.4 Å². The van der Waals surface area contributed by atoms with E-state index < -0.39 is 30.5 Å². The quantitative estimate of drug-likeness (QED) is 0.450. The highest BCUT2D eigenvalue weighted by Crippen LogP contribution is 2.30. The number of anilines is 2. The van der Waals surface area contributed by atoms with Gasteiger partial charge in [-0.15, -0.1) is 0 Å². The van der Waals surface area contributed by atoms with Gasteiger partial charge in [0.25, 0.3) is 5.91 Å². The molecular weight excluding hydrogens is 499 g/mol. The second kappa shape index (κ2) is 10.9. The zero-order valence-electron chi connectivity index (χ0n) is 20.2. The number of amides is 2. The number of aliphatic hydroxyl groups excluding tert-OH is 2. The number of aryl methyl sites for hydroxylation is 1. The highest BCUT2D eigenvalue weighted by molar-refractivity contribution is 5.90. The summed E-state index contributed by atoms with van der Waals surface area (Å²) in [7, 11) is 0. The molecule has 1 unspecified atom stereocenters. The third-order valence-corrected chi connectivity index (χ3v) is 6.29. The van der Waals surface area contributed by atoms with Gasteiger partial charge in [-0.05, 0) is 36.8 Å². The van der Waals surface area contributed by atoms with E-state index >= 15 is 4.39 Å². The lowest BCUT2D eigenvalue weighted by atomic mass is 10.1. The van der Waals surface area contributed by atoms with Gasteiger partial charge in [0.1, 0.15) is 29.8 Å². The summed E-state index contributed by atoms with van der Waals surface area (Å²) in [4.78, 5) is 31.8. The molecule has 2 amide bonds. The second-order valence-corrected chi connectivity index (χ2v) is 8.79. The molecule has 2 aliphatic heterocycles. The summed E-state index contributed by atoms with van der Waals surface area (Å²) >= 11 is 0. The highest BCUT2D eigenvalue weighted by Gasteiger charge is 2.32. The fourth-order valence-corrected chi connectivity index (χ4v) is 4.21. The number of halogens is 1. The lowest BCUT2D eigenvalue weighted by molar-refractivity contribution is -0.142. The van der Waals surface area contributed by atoms with Crippen LogP contribution in [-0.4, -0.2) is 82.2 Å². The van der Waals surface area contributed by atoms with Crippen LogP contribution < -0.4 is 9.80 Å². The summed E-state index contributed by atoms with van der Waals surface area (Å²) in [5.41, 5.74) is 1.27. The summed E-state index contributed by atoms with van der Waals surface area (Å²) in [6.45, 7) is 0.198. The van der Waals surface area contributed by atoms with Crippen LogP contribution in [0, 0.1) is 5.82 Å². The van der Waals surface area contributed by atoms with Crippen LogP contribution in [0.1, 0.15) is 12.2 Å². The van der Waals surface area contributed by atoms with Crippen molar-refractivity contribution in [3.8, 4) is 11.1 Å². The van der Waals surface area contributed by atoms with Gasteiger partial charge in [-0.2, -0.15) is 5.10 Å². The summed E-state index contributed by atoms with van der Waals surface area (Å²) in [6, 6.07) is 9.72. The summed E-state index contributed by atoms with van der Waals surface area (Å²) in [5.74, 6) is 0.0541. The van der Waals surface area contributed by atoms with E-state index in [1.165, 1.54) is 23.5 Å². The van der Waals surface area contributed by atoms with Crippen molar-refractivity contribution in [2.45, 2.75) is 25.0 Å². The van der Waals surface area contributed by atoms with Crippen molar-refractivity contribution < 1.29 is 33.5 Å². The zero-order chi connectivity index (χ0) is 26.6. The van der Waals surface area contributed by atoms with Crippen LogP contribution in [0.5, 0.6) is 0 Å². The molecule has 0 bridgehead atoms. The number of hydrogen-bond donors (Lipinski definition) is 2. The van der Waals surface area contributed by atoms with Crippen molar-refractivity contribution >= 4 is 29.8 Å². The average molecular weight is 525 g/mol. The number of carbonyl (C=O) groups excluding carboxylic acids is 2. The van der Waals surface area contributed by atoms with Crippen molar-refractivity contribution in [2.24, 2.45) is 5.10 Å². The fraction of sp³-hybridized carbons (Fsp3) is 0.320. The maximum Gasteiger partial charge on any atom is 0.414 e. The van der Waals surface area contributed by atoms with Gasteiger partial charge < -0.3 is 24.4 Å². The molecule has 0 radical (unpaired) electrons. The Labute approximate surface area is 216 Å². The van der Waals surface area contributed by atoms with Crippen molar-refractivity contribution in [2.75, 3.05) is 36.0 Å². The van der Waals surface area contributed by atoms with Crippen molar-refractivity contribution in [1.82, 2.24) is 15.1 Å². The van der Waals surface area contributed by atoms with Crippen molar-refractivity contribution in [3.05, 3.63) is 60.4 Å². The SMILES string of the molecule is O=C(C(O)CO)N1CCN(c2ccc(-c3ccc(N4C[C@H](CCc5ccno5)OC4=O)cc3F)cn2)C=N1. The van der Waals surface area contributed by atoms with E-state index in [1.54, 1.807) is 41.4 Å². The number of hydrazone groups is 1. The topological polar surface area (TPSA) is 145 Å². The normalized spacial score (nSPS) is 18.1. The Morgan fingerprint density at radius 3 is 2.74 bits per heavy atom. The predicted octanol–water partition coefficient (Wildman–Crippen LogP) is 1.78. The van der Waals surface area contributed by atoms with E-state index in [-0.39, 0.29) is 12.6 Å². The highest BCUT2D eigenvalue weighted by atomic mass is 19.1. The molecule has 5 rings (SSSR count). The van der Waals surface area contributed by atoms with Gasteiger partial charge in [-0.1, -0.05) is 5.16 Å². The molecule has 0 saturated carbocycles. The molecule has 2 atom stereocenters. The number of rotatable bonds is 8. The number of benzene rings is 1. The Hall–Kier alpha value is -4.36. The molecule has 0 aliphatic carbocycles. The van der Waals surface area contributed by atoms with E-state index in [0.29, 0.717) is 54.3 Å². The molecule has 198 valence electrons. The van der Waals surface area contributed by atoms with Crippen LogP contribution in [-0.2, 0) is 16.0 Å². The van der Waals surface area contributed by atoms with E-state index in [1.807, 2.05) is 0 Å². The third-order valence-electron chi connectivity index (χ3n) is 6.29. The molecule has 1 saturated heterocycles. The van der Waals surface area contributed by atoms with Crippen LogP contribution in [0.3, 0.4) is 0 Å². The summed E-state index contributed by atoms with van der Waals surface area (Å²) in [6.07, 6.45) is 3.25. The first-order valence-corrected chi connectivity index (χ1v) is 12.0. The molecule has 38 heavy (non-hydrogen) atoms. The molecule has 1 aromatic carbocycles. The first-order valence-electron chi connectivity index (χ1n) is 12.0. The molecule has 2 aliphatic rings. The zero-order valence-corrected chi connectivity index (χ0v) is 20.2. The monoisotopic (exact) mass is 524 g/mol. The molecule has 3 aromatic rings. The third kappa shape index (κ3) is 5.33. The van der Waals surface area contributed by atoms with Crippen LogP contribution in [0.25, 0.3) is 11.1 Å². The predicted molar refractivity (Wildman–Crippen MR) is 133 cm³/mol. The molecule has 0 spiro atoms. The second-order valence-electron chi connectivity index (χ2n) is 8.79. The van der Waals surface area contributed by atoms with E-state index in [0.717, 1.165) is 5.01 Å². The minimum atomic E-state index is -1.51.